The van der Waals surface area contributed by atoms with Crippen LogP contribution in [0.1, 0.15) is 34.6 Å². The molecule has 1 rings (SSSR count). The van der Waals surface area contributed by atoms with E-state index in [0.29, 0.717) is 6.61 Å². The average molecular weight is 247 g/mol. The van der Waals surface area contributed by atoms with Crippen LogP contribution in [0, 0.1) is 0 Å². The van der Waals surface area contributed by atoms with Crippen molar-refractivity contribution in [2.24, 2.45) is 0 Å². The summed E-state index contributed by atoms with van der Waals surface area (Å²) in [5.74, 6) is -0.583. The zero-order valence-corrected chi connectivity index (χ0v) is 11.0. The van der Waals surface area contributed by atoms with Crippen molar-refractivity contribution < 1.29 is 23.8 Å². The molecule has 0 bridgehead atoms. The summed E-state index contributed by atoms with van der Waals surface area (Å²) in [7, 11) is 0. The van der Waals surface area contributed by atoms with E-state index in [-0.39, 0.29) is 12.7 Å². The van der Waals surface area contributed by atoms with E-state index in [9.17, 15) is 4.79 Å². The Hall–Kier alpha value is -0.850. The van der Waals surface area contributed by atoms with Crippen LogP contribution in [-0.4, -0.2) is 36.8 Å². The van der Waals surface area contributed by atoms with Gasteiger partial charge >= 0.3 is 6.09 Å². The highest BCUT2D eigenvalue weighted by Crippen LogP contribution is 2.22. The van der Waals surface area contributed by atoms with Crippen molar-refractivity contribution in [3.05, 3.63) is 0 Å². The zero-order chi connectivity index (χ0) is 13.1. The van der Waals surface area contributed by atoms with E-state index in [1.54, 1.807) is 20.8 Å². The molecular formula is C11H21NO5. The van der Waals surface area contributed by atoms with E-state index >= 15 is 0 Å². The molecule has 1 fully saturated rings. The Morgan fingerprint density at radius 1 is 1.47 bits per heavy atom. The van der Waals surface area contributed by atoms with Crippen LogP contribution in [0.2, 0.25) is 0 Å². The fourth-order valence-corrected chi connectivity index (χ4v) is 1.34. The van der Waals surface area contributed by atoms with Crippen LogP contribution in [-0.2, 0) is 19.0 Å². The van der Waals surface area contributed by atoms with Gasteiger partial charge in [-0.25, -0.2) is 4.79 Å². The average Bonchev–Trinajstić information content (AvgIpc) is 2.42. The normalized spacial score (nSPS) is 23.5. The quantitative estimate of drug-likeness (QED) is 0.767. The summed E-state index contributed by atoms with van der Waals surface area (Å²) < 4.78 is 15.8. The molecule has 1 unspecified atom stereocenters. The first-order chi connectivity index (χ1) is 7.68. The van der Waals surface area contributed by atoms with Gasteiger partial charge in [-0.2, -0.15) is 5.48 Å². The Bertz CT molecular complexity index is 272. The summed E-state index contributed by atoms with van der Waals surface area (Å²) >= 11 is 0. The summed E-state index contributed by atoms with van der Waals surface area (Å²) in [6.45, 7) is 9.67. The van der Waals surface area contributed by atoms with Crippen LogP contribution < -0.4 is 5.48 Å². The smallest absolute Gasteiger partial charge is 0.431 e. The lowest BCUT2D eigenvalue weighted by atomic mass is 10.2. The lowest BCUT2D eigenvalue weighted by molar-refractivity contribution is -0.148. The van der Waals surface area contributed by atoms with Gasteiger partial charge in [-0.3, -0.25) is 4.84 Å². The standard InChI is InChI=1S/C11H21NO5/c1-10(2,3)17-9(13)12-15-7-8-6-14-11(4,5)16-8/h8H,6-7H2,1-5H3,(H,12,13). The number of rotatable bonds is 3. The van der Waals surface area contributed by atoms with Crippen LogP contribution in [0.3, 0.4) is 0 Å². The Morgan fingerprint density at radius 3 is 2.59 bits per heavy atom. The van der Waals surface area contributed by atoms with E-state index in [1.807, 2.05) is 13.8 Å². The molecule has 0 aliphatic carbocycles. The Morgan fingerprint density at radius 2 is 2.12 bits per heavy atom. The van der Waals surface area contributed by atoms with Crippen LogP contribution in [0.25, 0.3) is 0 Å². The Balaban J connectivity index is 2.15. The number of hydrogen-bond acceptors (Lipinski definition) is 5. The molecule has 1 amide bonds. The Labute approximate surface area is 102 Å². The molecule has 1 aliphatic rings. The van der Waals surface area contributed by atoms with Gasteiger partial charge in [0.15, 0.2) is 5.79 Å². The number of ether oxygens (including phenoxy) is 3. The molecule has 6 heteroatoms. The third kappa shape index (κ3) is 5.86. The molecule has 1 N–H and O–H groups in total. The molecule has 17 heavy (non-hydrogen) atoms. The van der Waals surface area contributed by atoms with Crippen LogP contribution >= 0.6 is 0 Å². The largest absolute Gasteiger partial charge is 0.442 e. The van der Waals surface area contributed by atoms with Crippen molar-refractivity contribution in [2.75, 3.05) is 13.2 Å². The fourth-order valence-electron chi connectivity index (χ4n) is 1.34. The first-order valence-corrected chi connectivity index (χ1v) is 5.60. The van der Waals surface area contributed by atoms with Crippen molar-refractivity contribution in [2.45, 2.75) is 52.1 Å². The molecule has 0 spiro atoms. The van der Waals surface area contributed by atoms with E-state index < -0.39 is 17.5 Å². The van der Waals surface area contributed by atoms with Gasteiger partial charge in [-0.15, -0.1) is 0 Å². The van der Waals surface area contributed by atoms with Gasteiger partial charge in [0.05, 0.1) is 6.61 Å². The van der Waals surface area contributed by atoms with Crippen molar-refractivity contribution in [3.8, 4) is 0 Å². The molecule has 1 saturated heterocycles. The van der Waals surface area contributed by atoms with Gasteiger partial charge in [0.1, 0.15) is 18.3 Å². The summed E-state index contributed by atoms with van der Waals surface area (Å²) in [6, 6.07) is 0. The van der Waals surface area contributed by atoms with Crippen molar-refractivity contribution in [1.29, 1.82) is 0 Å². The predicted molar refractivity (Wildman–Crippen MR) is 60.2 cm³/mol. The minimum atomic E-state index is -0.615. The first kappa shape index (κ1) is 14.2. The topological polar surface area (TPSA) is 66.0 Å². The highest BCUT2D eigenvalue weighted by atomic mass is 16.8. The second-order valence-corrected chi connectivity index (χ2v) is 5.37. The molecule has 100 valence electrons. The van der Waals surface area contributed by atoms with Gasteiger partial charge in [-0.1, -0.05) is 0 Å². The fraction of sp³-hybridized carbons (Fsp3) is 0.909. The third-order valence-electron chi connectivity index (χ3n) is 1.89. The molecular weight excluding hydrogens is 226 g/mol. The maximum Gasteiger partial charge on any atom is 0.431 e. The predicted octanol–water partition coefficient (Wildman–Crippen LogP) is 1.59. The first-order valence-electron chi connectivity index (χ1n) is 5.60. The van der Waals surface area contributed by atoms with Crippen LogP contribution in [0.4, 0.5) is 4.79 Å². The molecule has 0 radical (unpaired) electrons. The van der Waals surface area contributed by atoms with Gasteiger partial charge in [0, 0.05) is 0 Å². The monoisotopic (exact) mass is 247 g/mol. The Kier molecular flexibility index (Phi) is 4.35. The number of hydroxylamine groups is 1. The van der Waals surface area contributed by atoms with Gasteiger partial charge in [0.25, 0.3) is 0 Å². The summed E-state index contributed by atoms with van der Waals surface area (Å²) in [5.41, 5.74) is 1.66. The van der Waals surface area contributed by atoms with Crippen molar-refractivity contribution in [1.82, 2.24) is 5.48 Å². The van der Waals surface area contributed by atoms with E-state index in [4.69, 9.17) is 19.0 Å². The second kappa shape index (κ2) is 5.20. The van der Waals surface area contributed by atoms with Gasteiger partial charge in [0.2, 0.25) is 0 Å². The number of hydrogen-bond donors (Lipinski definition) is 1. The number of amides is 1. The molecule has 0 aromatic rings. The van der Waals surface area contributed by atoms with E-state index in [2.05, 4.69) is 5.48 Å². The van der Waals surface area contributed by atoms with Crippen LogP contribution in [0.15, 0.2) is 0 Å². The number of nitrogens with one attached hydrogen (secondary N) is 1. The summed E-state index contributed by atoms with van der Waals surface area (Å²) in [4.78, 5) is 16.2. The highest BCUT2D eigenvalue weighted by molar-refractivity contribution is 5.66. The molecule has 1 heterocycles. The van der Waals surface area contributed by atoms with Crippen LogP contribution in [0.5, 0.6) is 0 Å². The number of carbonyl (C=O) groups excluding carboxylic acids is 1. The van der Waals surface area contributed by atoms with E-state index in [0.717, 1.165) is 0 Å². The lowest BCUT2D eigenvalue weighted by Gasteiger charge is -2.20. The molecule has 1 aliphatic heterocycles. The minimum Gasteiger partial charge on any atom is -0.442 e. The molecule has 0 aromatic carbocycles. The summed E-state index contributed by atoms with van der Waals surface area (Å²) in [6.07, 6.45) is -0.796. The zero-order valence-electron chi connectivity index (χ0n) is 11.0. The van der Waals surface area contributed by atoms with Crippen molar-refractivity contribution >= 4 is 6.09 Å². The molecule has 0 saturated carbocycles. The van der Waals surface area contributed by atoms with E-state index in [1.165, 1.54) is 0 Å². The van der Waals surface area contributed by atoms with Gasteiger partial charge < -0.3 is 14.2 Å². The van der Waals surface area contributed by atoms with Crippen molar-refractivity contribution in [3.63, 3.8) is 0 Å². The maximum atomic E-state index is 11.2. The molecule has 1 atom stereocenters. The SMILES string of the molecule is CC(C)(C)OC(=O)NOCC1COC(C)(C)O1. The van der Waals surface area contributed by atoms with Gasteiger partial charge in [-0.05, 0) is 34.6 Å². The minimum absolute atomic E-state index is 0.181. The molecule has 6 nitrogen and oxygen atoms in total. The highest BCUT2D eigenvalue weighted by Gasteiger charge is 2.32. The second-order valence-electron chi connectivity index (χ2n) is 5.37. The third-order valence-corrected chi connectivity index (χ3v) is 1.89. The lowest BCUT2D eigenvalue weighted by Crippen LogP contribution is -2.35. The molecule has 0 aromatic heterocycles. The number of carbonyl (C=O) groups is 1. The summed E-state index contributed by atoms with van der Waals surface area (Å²) in [5, 5.41) is 0. The maximum absolute atomic E-state index is 11.2.